The summed E-state index contributed by atoms with van der Waals surface area (Å²) in [6.07, 6.45) is 0. The van der Waals surface area contributed by atoms with Crippen molar-refractivity contribution < 1.29 is 14.5 Å². The van der Waals surface area contributed by atoms with Crippen LogP contribution >= 0.6 is 27.5 Å². The Bertz CT molecular complexity index is 936. The van der Waals surface area contributed by atoms with E-state index in [1.54, 1.807) is 13.0 Å². The number of aryl methyl sites for hydroxylation is 1. The van der Waals surface area contributed by atoms with Crippen molar-refractivity contribution in [2.75, 3.05) is 0 Å². The number of hydrogen-bond donors (Lipinski definition) is 0. The summed E-state index contributed by atoms with van der Waals surface area (Å²) in [5.74, 6) is -1.05. The predicted molar refractivity (Wildman–Crippen MR) is 88.6 cm³/mol. The van der Waals surface area contributed by atoms with Gasteiger partial charge in [0.25, 0.3) is 5.69 Å². The van der Waals surface area contributed by atoms with Gasteiger partial charge in [-0.05, 0) is 53.0 Å². The molecule has 0 fully saturated rings. The van der Waals surface area contributed by atoms with E-state index in [-0.39, 0.29) is 27.3 Å². The largest absolute Gasteiger partial charge is 0.288 e. The molecule has 0 radical (unpaired) electrons. The topological polar surface area (TPSA) is 77.3 Å². The van der Waals surface area contributed by atoms with Crippen molar-refractivity contribution in [3.63, 3.8) is 0 Å². The van der Waals surface area contributed by atoms with Crippen LogP contribution < -0.4 is 0 Å². The molecule has 0 spiro atoms. The number of nitrogens with zero attached hydrogens (tertiary/aromatic N) is 1. The molecule has 1 aliphatic carbocycles. The fourth-order valence-electron chi connectivity index (χ4n) is 2.71. The van der Waals surface area contributed by atoms with E-state index < -0.39 is 22.2 Å². The SMILES string of the molecule is Cc1cc2c(c(Br)c1C)C(=O)c1c([N+](=O)[O-])ccc(Cl)c1C2=O. The Labute approximate surface area is 144 Å². The molecular weight excluding hydrogens is 386 g/mol. The molecule has 2 aromatic rings. The summed E-state index contributed by atoms with van der Waals surface area (Å²) < 4.78 is 0.478. The average Bonchev–Trinajstić information content (AvgIpc) is 2.49. The van der Waals surface area contributed by atoms with Crippen LogP contribution in [0, 0.1) is 24.0 Å². The van der Waals surface area contributed by atoms with E-state index in [0.29, 0.717) is 4.47 Å². The second-order valence-electron chi connectivity index (χ2n) is 5.29. The number of ketones is 2. The first-order valence-electron chi connectivity index (χ1n) is 6.61. The number of nitro benzene ring substituents is 1. The van der Waals surface area contributed by atoms with Crippen molar-refractivity contribution in [1.29, 1.82) is 0 Å². The highest BCUT2D eigenvalue weighted by Crippen LogP contribution is 2.40. The van der Waals surface area contributed by atoms with Gasteiger partial charge in [0.2, 0.25) is 5.78 Å². The van der Waals surface area contributed by atoms with Crippen LogP contribution in [0.1, 0.15) is 43.0 Å². The number of carbonyl (C=O) groups excluding carboxylic acids is 2. The van der Waals surface area contributed by atoms with Crippen molar-refractivity contribution in [3.8, 4) is 0 Å². The first-order valence-corrected chi connectivity index (χ1v) is 7.78. The highest BCUT2D eigenvalue weighted by Gasteiger charge is 2.39. The number of rotatable bonds is 1. The monoisotopic (exact) mass is 393 g/mol. The van der Waals surface area contributed by atoms with Gasteiger partial charge in [-0.1, -0.05) is 11.6 Å². The Morgan fingerprint density at radius 2 is 1.74 bits per heavy atom. The molecule has 1 aliphatic rings. The second-order valence-corrected chi connectivity index (χ2v) is 6.49. The standard InChI is InChI=1S/C16H9BrClNO4/c1-6-5-8-11(14(17)7(6)2)16(21)13-10(19(22)23)4-3-9(18)12(13)15(8)20/h3-5H,1-2H3. The van der Waals surface area contributed by atoms with Gasteiger partial charge in [-0.3, -0.25) is 19.7 Å². The molecule has 2 aromatic carbocycles. The molecule has 0 saturated carbocycles. The maximum atomic E-state index is 12.9. The first-order chi connectivity index (χ1) is 10.8. The van der Waals surface area contributed by atoms with E-state index in [1.165, 1.54) is 6.07 Å². The van der Waals surface area contributed by atoms with Gasteiger partial charge in [0.1, 0.15) is 5.56 Å². The highest BCUT2D eigenvalue weighted by atomic mass is 79.9. The van der Waals surface area contributed by atoms with Crippen molar-refractivity contribution in [1.82, 2.24) is 0 Å². The van der Waals surface area contributed by atoms with Crippen molar-refractivity contribution in [2.45, 2.75) is 13.8 Å². The van der Waals surface area contributed by atoms with Gasteiger partial charge in [0.05, 0.1) is 15.5 Å². The molecule has 116 valence electrons. The fraction of sp³-hybridized carbons (Fsp3) is 0.125. The van der Waals surface area contributed by atoms with Crippen LogP contribution in [0.3, 0.4) is 0 Å². The van der Waals surface area contributed by atoms with Crippen LogP contribution in [0.5, 0.6) is 0 Å². The number of carbonyl (C=O) groups is 2. The van der Waals surface area contributed by atoms with Gasteiger partial charge >= 0.3 is 0 Å². The fourth-order valence-corrected chi connectivity index (χ4v) is 3.66. The van der Waals surface area contributed by atoms with Crippen LogP contribution in [0.2, 0.25) is 5.02 Å². The minimum absolute atomic E-state index is 0.0314. The van der Waals surface area contributed by atoms with E-state index in [0.717, 1.165) is 17.2 Å². The van der Waals surface area contributed by atoms with Gasteiger partial charge < -0.3 is 0 Å². The molecule has 0 bridgehead atoms. The van der Waals surface area contributed by atoms with Crippen molar-refractivity contribution >= 4 is 44.8 Å². The summed E-state index contributed by atoms with van der Waals surface area (Å²) in [5, 5.41) is 11.3. The molecule has 0 aromatic heterocycles. The molecule has 0 saturated heterocycles. The van der Waals surface area contributed by atoms with Crippen LogP contribution in [0.4, 0.5) is 5.69 Å². The third-order valence-electron chi connectivity index (χ3n) is 4.03. The van der Waals surface area contributed by atoms with Gasteiger partial charge in [0, 0.05) is 21.7 Å². The number of benzene rings is 2. The van der Waals surface area contributed by atoms with Gasteiger partial charge in [-0.25, -0.2) is 0 Å². The quantitative estimate of drug-likeness (QED) is 0.452. The Kier molecular flexibility index (Phi) is 3.61. The Morgan fingerprint density at radius 1 is 1.09 bits per heavy atom. The summed E-state index contributed by atoms with van der Waals surface area (Å²) in [5.41, 5.74) is 1.23. The Balaban J connectivity index is 2.45. The zero-order valence-electron chi connectivity index (χ0n) is 12.1. The number of fused-ring (bicyclic) bond motifs is 2. The Hall–Kier alpha value is -2.05. The Morgan fingerprint density at radius 3 is 2.35 bits per heavy atom. The molecule has 0 amide bonds. The minimum Gasteiger partial charge on any atom is -0.288 e. The third-order valence-corrected chi connectivity index (χ3v) is 5.33. The molecule has 5 nitrogen and oxygen atoms in total. The molecule has 23 heavy (non-hydrogen) atoms. The van der Waals surface area contributed by atoms with Gasteiger partial charge in [0.15, 0.2) is 5.78 Å². The summed E-state index contributed by atoms with van der Waals surface area (Å²) >= 11 is 9.39. The zero-order valence-corrected chi connectivity index (χ0v) is 14.4. The number of nitro groups is 1. The number of hydrogen-bond acceptors (Lipinski definition) is 4. The molecule has 3 rings (SSSR count). The summed E-state index contributed by atoms with van der Waals surface area (Å²) in [6, 6.07) is 4.03. The van der Waals surface area contributed by atoms with E-state index >= 15 is 0 Å². The van der Waals surface area contributed by atoms with Crippen LogP contribution in [0.25, 0.3) is 0 Å². The maximum absolute atomic E-state index is 12.9. The normalized spacial score (nSPS) is 12.9. The molecule has 0 N–H and O–H groups in total. The molecule has 0 unspecified atom stereocenters. The molecule has 0 atom stereocenters. The lowest BCUT2D eigenvalue weighted by molar-refractivity contribution is -0.385. The molecular formula is C16H9BrClNO4. The molecule has 7 heteroatoms. The minimum atomic E-state index is -0.680. The maximum Gasteiger partial charge on any atom is 0.281 e. The average molecular weight is 395 g/mol. The van der Waals surface area contributed by atoms with E-state index in [2.05, 4.69) is 15.9 Å². The lowest BCUT2D eigenvalue weighted by Gasteiger charge is -2.21. The van der Waals surface area contributed by atoms with Crippen molar-refractivity contribution in [2.24, 2.45) is 0 Å². The smallest absolute Gasteiger partial charge is 0.281 e. The lowest BCUT2D eigenvalue weighted by atomic mass is 9.81. The molecule has 0 heterocycles. The van der Waals surface area contributed by atoms with Crippen LogP contribution in [-0.2, 0) is 0 Å². The van der Waals surface area contributed by atoms with Crippen molar-refractivity contribution in [3.05, 3.63) is 71.2 Å². The van der Waals surface area contributed by atoms with E-state index in [1.807, 2.05) is 6.92 Å². The molecule has 0 aliphatic heterocycles. The second kappa shape index (κ2) is 5.25. The van der Waals surface area contributed by atoms with E-state index in [9.17, 15) is 19.7 Å². The predicted octanol–water partition coefficient (Wildman–Crippen LogP) is 4.40. The van der Waals surface area contributed by atoms with E-state index in [4.69, 9.17) is 11.6 Å². The van der Waals surface area contributed by atoms with Gasteiger partial charge in [-0.15, -0.1) is 0 Å². The van der Waals surface area contributed by atoms with Crippen LogP contribution in [-0.4, -0.2) is 16.5 Å². The van der Waals surface area contributed by atoms with Crippen LogP contribution in [0.15, 0.2) is 22.7 Å². The summed E-state index contributed by atoms with van der Waals surface area (Å²) in [7, 11) is 0. The van der Waals surface area contributed by atoms with Gasteiger partial charge in [-0.2, -0.15) is 0 Å². The lowest BCUT2D eigenvalue weighted by Crippen LogP contribution is -2.24. The first kappa shape index (κ1) is 15.8. The highest BCUT2D eigenvalue weighted by molar-refractivity contribution is 9.10. The third kappa shape index (κ3) is 2.13. The zero-order chi connectivity index (χ0) is 17.0. The summed E-state index contributed by atoms with van der Waals surface area (Å²) in [6.45, 7) is 3.63. The number of halogens is 2. The summed E-state index contributed by atoms with van der Waals surface area (Å²) in [4.78, 5) is 36.2.